The van der Waals surface area contributed by atoms with E-state index in [1.807, 2.05) is 13.8 Å². The zero-order valence-corrected chi connectivity index (χ0v) is 22.5. The molecule has 0 saturated carbocycles. The Bertz CT molecular complexity index is 1470. The van der Waals surface area contributed by atoms with Gasteiger partial charge in [0.2, 0.25) is 21.9 Å². The van der Waals surface area contributed by atoms with Gasteiger partial charge < -0.3 is 9.26 Å². The molecule has 4 rings (SSSR count). The number of rotatable bonds is 10. The maximum atomic E-state index is 13.5. The number of methoxy groups -OCH3 is 1. The van der Waals surface area contributed by atoms with Gasteiger partial charge in [0, 0.05) is 29.9 Å². The SMILES string of the molecule is CC[C@@H](c1conc1C)n1c(NS(=O)(=O)[C@@H](C)[C@H](C)c2ncc(Cl)cn2)nnc1-c1cccc(OC)n1. The van der Waals surface area contributed by atoms with E-state index in [1.54, 1.807) is 36.6 Å². The number of ether oxygens (including phenoxy) is 1. The van der Waals surface area contributed by atoms with Crippen LogP contribution in [0.1, 0.15) is 56.2 Å². The Morgan fingerprint density at radius 2 is 1.92 bits per heavy atom. The van der Waals surface area contributed by atoms with Crippen LogP contribution >= 0.6 is 11.6 Å². The number of nitrogens with one attached hydrogen (secondary N) is 1. The zero-order chi connectivity index (χ0) is 26.7. The van der Waals surface area contributed by atoms with Gasteiger partial charge >= 0.3 is 0 Å². The number of pyridine rings is 1. The van der Waals surface area contributed by atoms with E-state index in [1.165, 1.54) is 25.8 Å². The van der Waals surface area contributed by atoms with E-state index >= 15 is 0 Å². The summed E-state index contributed by atoms with van der Waals surface area (Å²) in [6, 6.07) is 4.83. The Labute approximate surface area is 219 Å². The minimum absolute atomic E-state index is 0.0307. The predicted molar refractivity (Wildman–Crippen MR) is 137 cm³/mol. The third kappa shape index (κ3) is 5.42. The Morgan fingerprint density at radius 1 is 1.19 bits per heavy atom. The molecular formula is C23H27ClN8O4S. The van der Waals surface area contributed by atoms with Crippen LogP contribution in [0.25, 0.3) is 11.5 Å². The maximum Gasteiger partial charge on any atom is 0.239 e. The molecule has 4 aromatic heterocycles. The summed E-state index contributed by atoms with van der Waals surface area (Å²) >= 11 is 5.88. The Balaban J connectivity index is 1.77. The first-order valence-electron chi connectivity index (χ1n) is 11.5. The van der Waals surface area contributed by atoms with Crippen LogP contribution in [0.3, 0.4) is 0 Å². The van der Waals surface area contributed by atoms with Crippen LogP contribution in [0.15, 0.2) is 41.4 Å². The molecule has 0 aromatic carbocycles. The molecule has 0 saturated heterocycles. The van der Waals surface area contributed by atoms with Gasteiger partial charge in [-0.2, -0.15) is 0 Å². The molecule has 0 spiro atoms. The van der Waals surface area contributed by atoms with E-state index in [9.17, 15) is 8.42 Å². The molecule has 4 aromatic rings. The van der Waals surface area contributed by atoms with Crippen molar-refractivity contribution in [3.05, 3.63) is 59.0 Å². The maximum absolute atomic E-state index is 13.5. The van der Waals surface area contributed by atoms with E-state index in [0.29, 0.717) is 40.4 Å². The highest BCUT2D eigenvalue weighted by atomic mass is 35.5. The molecule has 0 aliphatic carbocycles. The van der Waals surface area contributed by atoms with Gasteiger partial charge in [-0.25, -0.2) is 23.4 Å². The van der Waals surface area contributed by atoms with Gasteiger partial charge in [-0.1, -0.05) is 36.7 Å². The van der Waals surface area contributed by atoms with Crippen molar-refractivity contribution in [1.82, 2.24) is 34.9 Å². The molecule has 0 fully saturated rings. The van der Waals surface area contributed by atoms with Crippen LogP contribution in [0.2, 0.25) is 5.02 Å². The second-order valence-electron chi connectivity index (χ2n) is 8.46. The quantitative estimate of drug-likeness (QED) is 0.308. The van der Waals surface area contributed by atoms with Crippen molar-refractivity contribution in [3.63, 3.8) is 0 Å². The highest BCUT2D eigenvalue weighted by Crippen LogP contribution is 2.33. The van der Waals surface area contributed by atoms with E-state index in [2.05, 4.69) is 35.0 Å². The summed E-state index contributed by atoms with van der Waals surface area (Å²) in [6.07, 6.45) is 4.97. The summed E-state index contributed by atoms with van der Waals surface area (Å²) in [7, 11) is -2.45. The van der Waals surface area contributed by atoms with Crippen molar-refractivity contribution in [2.24, 2.45) is 0 Å². The third-order valence-corrected chi connectivity index (χ3v) is 8.23. The second kappa shape index (κ2) is 10.8. The fraction of sp³-hybridized carbons (Fsp3) is 0.391. The lowest BCUT2D eigenvalue weighted by molar-refractivity contribution is 0.398. The smallest absolute Gasteiger partial charge is 0.239 e. The standard InChI is InChI=1S/C23H27ClN8O4S/c1-6-19(17-12-36-30-14(17)3)32-22(18-8-7-9-20(27-18)35-5)28-29-23(32)31-37(33,34)15(4)13(2)21-25-10-16(24)11-26-21/h7-13,15,19H,6H2,1-5H3,(H,29,31)/t13-,15-,19-/m0/s1. The number of aromatic nitrogens is 7. The number of nitrogens with zero attached hydrogens (tertiary/aromatic N) is 7. The second-order valence-corrected chi connectivity index (χ2v) is 10.9. The van der Waals surface area contributed by atoms with E-state index in [-0.39, 0.29) is 5.95 Å². The lowest BCUT2D eigenvalue weighted by Crippen LogP contribution is -2.32. The average Bonchev–Trinajstić information content (AvgIpc) is 3.50. The van der Waals surface area contributed by atoms with Crippen LogP contribution < -0.4 is 9.46 Å². The van der Waals surface area contributed by atoms with Crippen LogP contribution in [0.4, 0.5) is 5.95 Å². The van der Waals surface area contributed by atoms with Crippen LogP contribution in [-0.2, 0) is 10.0 Å². The van der Waals surface area contributed by atoms with E-state index in [4.69, 9.17) is 20.9 Å². The molecule has 4 heterocycles. The normalized spacial score (nSPS) is 14.2. The highest BCUT2D eigenvalue weighted by molar-refractivity contribution is 7.93. The molecule has 0 aliphatic heterocycles. The minimum atomic E-state index is -3.97. The number of anilines is 1. The molecule has 0 unspecified atom stereocenters. The summed E-state index contributed by atoms with van der Waals surface area (Å²) in [5.41, 5.74) is 1.89. The van der Waals surface area contributed by atoms with E-state index in [0.717, 1.165) is 5.56 Å². The van der Waals surface area contributed by atoms with Gasteiger partial charge in [-0.15, -0.1) is 10.2 Å². The summed E-state index contributed by atoms with van der Waals surface area (Å²) < 4.78 is 41.8. The molecule has 0 radical (unpaired) electrons. The number of sulfonamides is 1. The van der Waals surface area contributed by atoms with Crippen LogP contribution in [0.5, 0.6) is 5.88 Å². The number of aryl methyl sites for hydroxylation is 1. The molecule has 0 aliphatic rings. The average molecular weight is 547 g/mol. The van der Waals surface area contributed by atoms with Crippen molar-refractivity contribution in [2.45, 2.75) is 51.3 Å². The fourth-order valence-electron chi connectivity index (χ4n) is 3.90. The summed E-state index contributed by atoms with van der Waals surface area (Å²) in [6.45, 7) is 7.09. The first-order chi connectivity index (χ1) is 17.7. The lowest BCUT2D eigenvalue weighted by Gasteiger charge is -2.23. The fourth-order valence-corrected chi connectivity index (χ4v) is 5.24. The molecule has 14 heteroatoms. The molecule has 0 bridgehead atoms. The lowest BCUT2D eigenvalue weighted by atomic mass is 10.1. The zero-order valence-electron chi connectivity index (χ0n) is 21.0. The number of hydrogen-bond acceptors (Lipinski definition) is 10. The number of hydrogen-bond donors (Lipinski definition) is 1. The van der Waals surface area contributed by atoms with Crippen molar-refractivity contribution < 1.29 is 17.7 Å². The predicted octanol–water partition coefficient (Wildman–Crippen LogP) is 4.02. The van der Waals surface area contributed by atoms with Crippen LogP contribution in [-0.4, -0.2) is 55.7 Å². The first-order valence-corrected chi connectivity index (χ1v) is 13.4. The minimum Gasteiger partial charge on any atom is -0.481 e. The molecule has 3 atom stereocenters. The van der Waals surface area contributed by atoms with Crippen molar-refractivity contribution in [2.75, 3.05) is 11.8 Å². The number of halogens is 1. The molecule has 1 N–H and O–H groups in total. The van der Waals surface area contributed by atoms with Gasteiger partial charge in [0.05, 0.1) is 29.1 Å². The molecular weight excluding hydrogens is 520 g/mol. The largest absolute Gasteiger partial charge is 0.481 e. The summed E-state index contributed by atoms with van der Waals surface area (Å²) in [5, 5.41) is 12.0. The topological polar surface area (TPSA) is 151 Å². The van der Waals surface area contributed by atoms with Gasteiger partial charge in [-0.3, -0.25) is 9.29 Å². The van der Waals surface area contributed by atoms with Crippen molar-refractivity contribution in [3.8, 4) is 17.4 Å². The molecule has 12 nitrogen and oxygen atoms in total. The van der Waals surface area contributed by atoms with Gasteiger partial charge in [-0.05, 0) is 26.3 Å². The van der Waals surface area contributed by atoms with Crippen molar-refractivity contribution >= 4 is 27.6 Å². The van der Waals surface area contributed by atoms with Gasteiger partial charge in [0.1, 0.15) is 17.8 Å². The van der Waals surface area contributed by atoms with E-state index < -0.39 is 27.2 Å². The highest BCUT2D eigenvalue weighted by Gasteiger charge is 2.33. The Hall–Kier alpha value is -3.58. The molecule has 196 valence electrons. The molecule has 0 amide bonds. The Morgan fingerprint density at radius 3 is 2.54 bits per heavy atom. The van der Waals surface area contributed by atoms with Gasteiger partial charge in [0.15, 0.2) is 5.82 Å². The summed E-state index contributed by atoms with van der Waals surface area (Å²) in [5.74, 6) is 0.590. The van der Waals surface area contributed by atoms with Crippen molar-refractivity contribution in [1.29, 1.82) is 0 Å². The van der Waals surface area contributed by atoms with Gasteiger partial charge in [0.25, 0.3) is 0 Å². The monoisotopic (exact) mass is 546 g/mol. The summed E-state index contributed by atoms with van der Waals surface area (Å²) in [4.78, 5) is 12.8. The van der Waals surface area contributed by atoms with Crippen LogP contribution in [0, 0.1) is 6.92 Å². The molecule has 37 heavy (non-hydrogen) atoms. The Kier molecular flexibility index (Phi) is 7.73. The third-order valence-electron chi connectivity index (χ3n) is 6.18. The first kappa shape index (κ1) is 26.5.